The zero-order chi connectivity index (χ0) is 21.8. The van der Waals surface area contributed by atoms with Crippen molar-refractivity contribution < 1.29 is 14.3 Å². The Morgan fingerprint density at radius 1 is 1.03 bits per heavy atom. The molecular formula is C21H26N4O5. The molecule has 0 saturated carbocycles. The van der Waals surface area contributed by atoms with E-state index in [1.165, 1.54) is 16.2 Å². The number of carbonyl (C=O) groups excluding carboxylic acids is 1. The van der Waals surface area contributed by atoms with Crippen LogP contribution in [0.4, 0.5) is 0 Å². The Morgan fingerprint density at radius 2 is 1.70 bits per heavy atom. The molecule has 0 fully saturated rings. The summed E-state index contributed by atoms with van der Waals surface area (Å²) in [5.41, 5.74) is 1.30. The van der Waals surface area contributed by atoms with Crippen LogP contribution in [0.1, 0.15) is 25.2 Å². The van der Waals surface area contributed by atoms with Crippen LogP contribution < -0.4 is 16.0 Å². The van der Waals surface area contributed by atoms with Gasteiger partial charge >= 0.3 is 11.7 Å². The van der Waals surface area contributed by atoms with Gasteiger partial charge in [-0.1, -0.05) is 12.1 Å². The van der Waals surface area contributed by atoms with Gasteiger partial charge in [-0.25, -0.2) is 14.6 Å². The first-order valence-electron chi connectivity index (χ1n) is 9.88. The Bertz CT molecular complexity index is 1170. The van der Waals surface area contributed by atoms with E-state index in [2.05, 4.69) is 9.72 Å². The molecule has 0 atom stereocenters. The number of ether oxygens (including phenoxy) is 2. The number of rotatable bonds is 8. The molecule has 0 saturated heterocycles. The number of carbonyl (C=O) groups is 1. The molecule has 9 heteroatoms. The molecule has 160 valence electrons. The van der Waals surface area contributed by atoms with E-state index in [1.807, 2.05) is 19.1 Å². The lowest BCUT2D eigenvalue weighted by Gasteiger charge is -2.08. The normalized spacial score (nSPS) is 11.1. The van der Waals surface area contributed by atoms with E-state index < -0.39 is 5.97 Å². The molecule has 30 heavy (non-hydrogen) atoms. The topological polar surface area (TPSA) is 97.3 Å². The molecule has 0 aliphatic heterocycles. The van der Waals surface area contributed by atoms with Gasteiger partial charge in [-0.2, -0.15) is 0 Å². The van der Waals surface area contributed by atoms with E-state index in [0.29, 0.717) is 42.8 Å². The molecule has 0 N–H and O–H groups in total. The van der Waals surface area contributed by atoms with Crippen molar-refractivity contribution in [1.82, 2.24) is 18.7 Å². The Labute approximate surface area is 173 Å². The third-order valence-corrected chi connectivity index (χ3v) is 5.11. The van der Waals surface area contributed by atoms with Crippen LogP contribution in [0, 0.1) is 0 Å². The molecule has 1 aromatic carbocycles. The Balaban J connectivity index is 1.82. The first-order chi connectivity index (χ1) is 14.4. The average Bonchev–Trinajstić information content (AvgIpc) is 3.08. The van der Waals surface area contributed by atoms with Gasteiger partial charge in [0.2, 0.25) is 0 Å². The maximum Gasteiger partial charge on any atom is 0.343 e. The number of hydrogen-bond acceptors (Lipinski definition) is 6. The van der Waals surface area contributed by atoms with Crippen molar-refractivity contribution in [2.45, 2.75) is 39.8 Å². The molecule has 3 aromatic rings. The first kappa shape index (κ1) is 21.4. The third kappa shape index (κ3) is 4.00. The van der Waals surface area contributed by atoms with Crippen molar-refractivity contribution >= 4 is 17.1 Å². The van der Waals surface area contributed by atoms with Crippen molar-refractivity contribution in [2.75, 3.05) is 13.7 Å². The standard InChI is InChI=1S/C21H26N4O5/c1-5-24-19-18(20(27)25(6-2)21(24)28)23(3)16(22-19)12-9-14-7-10-15(11-8-14)30-13-17(26)29-4/h7-8,10-11H,5-6,9,12-13H2,1-4H3. The second-order valence-corrected chi connectivity index (χ2v) is 6.84. The highest BCUT2D eigenvalue weighted by Gasteiger charge is 2.18. The van der Waals surface area contributed by atoms with Gasteiger partial charge in [-0.05, 0) is 38.0 Å². The molecule has 0 unspecified atom stereocenters. The number of esters is 1. The lowest BCUT2D eigenvalue weighted by atomic mass is 10.1. The second-order valence-electron chi connectivity index (χ2n) is 6.84. The fraction of sp³-hybridized carbons (Fsp3) is 0.429. The van der Waals surface area contributed by atoms with Gasteiger partial charge in [-0.3, -0.25) is 13.9 Å². The Hall–Kier alpha value is -3.36. The summed E-state index contributed by atoms with van der Waals surface area (Å²) in [4.78, 5) is 41.1. The van der Waals surface area contributed by atoms with Crippen molar-refractivity contribution in [3.8, 4) is 5.75 Å². The van der Waals surface area contributed by atoms with Gasteiger partial charge in [0.15, 0.2) is 17.8 Å². The highest BCUT2D eigenvalue weighted by Crippen LogP contribution is 2.16. The molecule has 0 aliphatic carbocycles. The van der Waals surface area contributed by atoms with Gasteiger partial charge in [0.25, 0.3) is 5.56 Å². The summed E-state index contributed by atoms with van der Waals surface area (Å²) in [7, 11) is 3.12. The Kier molecular flexibility index (Phi) is 6.39. The van der Waals surface area contributed by atoms with E-state index in [9.17, 15) is 14.4 Å². The minimum Gasteiger partial charge on any atom is -0.482 e. The second kappa shape index (κ2) is 8.98. The zero-order valence-electron chi connectivity index (χ0n) is 17.7. The zero-order valence-corrected chi connectivity index (χ0v) is 17.7. The predicted molar refractivity (Wildman–Crippen MR) is 112 cm³/mol. The fourth-order valence-electron chi connectivity index (χ4n) is 3.40. The molecule has 9 nitrogen and oxygen atoms in total. The van der Waals surface area contributed by atoms with Crippen LogP contribution in [0.2, 0.25) is 0 Å². The molecule has 3 rings (SSSR count). The quantitative estimate of drug-likeness (QED) is 0.515. The van der Waals surface area contributed by atoms with Crippen LogP contribution >= 0.6 is 0 Å². The number of fused-ring (bicyclic) bond motifs is 1. The monoisotopic (exact) mass is 414 g/mol. The van der Waals surface area contributed by atoms with E-state index in [4.69, 9.17) is 4.74 Å². The van der Waals surface area contributed by atoms with E-state index in [1.54, 1.807) is 30.7 Å². The van der Waals surface area contributed by atoms with Gasteiger partial charge in [0, 0.05) is 26.6 Å². The average molecular weight is 414 g/mol. The highest BCUT2D eigenvalue weighted by atomic mass is 16.6. The number of hydrogen-bond donors (Lipinski definition) is 0. The maximum atomic E-state index is 12.8. The third-order valence-electron chi connectivity index (χ3n) is 5.11. The maximum absolute atomic E-state index is 12.8. The number of methoxy groups -OCH3 is 1. The number of aryl methyl sites for hydroxylation is 4. The molecule has 0 aliphatic rings. The largest absolute Gasteiger partial charge is 0.482 e. The molecule has 0 amide bonds. The molecule has 0 bridgehead atoms. The summed E-state index contributed by atoms with van der Waals surface area (Å²) in [5, 5.41) is 0. The van der Waals surface area contributed by atoms with Crippen molar-refractivity contribution in [1.29, 1.82) is 0 Å². The smallest absolute Gasteiger partial charge is 0.343 e. The summed E-state index contributed by atoms with van der Waals surface area (Å²) in [6.07, 6.45) is 1.31. The van der Waals surface area contributed by atoms with Crippen LogP contribution in [0.3, 0.4) is 0 Å². The SMILES string of the molecule is CCn1c(=O)c2c(nc(CCc3ccc(OCC(=O)OC)cc3)n2C)n(CC)c1=O. The van der Waals surface area contributed by atoms with Crippen LogP contribution in [-0.4, -0.2) is 38.4 Å². The summed E-state index contributed by atoms with van der Waals surface area (Å²) in [5.74, 6) is 0.885. The molecular weight excluding hydrogens is 388 g/mol. The minimum atomic E-state index is -0.436. The van der Waals surface area contributed by atoms with Gasteiger partial charge in [0.1, 0.15) is 11.6 Å². The Morgan fingerprint density at radius 3 is 2.30 bits per heavy atom. The molecule has 2 aromatic heterocycles. The van der Waals surface area contributed by atoms with E-state index >= 15 is 0 Å². The minimum absolute atomic E-state index is 0.135. The summed E-state index contributed by atoms with van der Waals surface area (Å²) in [6, 6.07) is 7.42. The first-order valence-corrected chi connectivity index (χ1v) is 9.88. The van der Waals surface area contributed by atoms with Gasteiger partial charge in [-0.15, -0.1) is 0 Å². The van der Waals surface area contributed by atoms with Crippen molar-refractivity contribution in [3.63, 3.8) is 0 Å². The predicted octanol–water partition coefficient (Wildman–Crippen LogP) is 1.27. The number of imidazole rings is 1. The van der Waals surface area contributed by atoms with Crippen molar-refractivity contribution in [3.05, 3.63) is 56.5 Å². The highest BCUT2D eigenvalue weighted by molar-refractivity contribution is 5.71. The van der Waals surface area contributed by atoms with Crippen molar-refractivity contribution in [2.24, 2.45) is 7.05 Å². The van der Waals surface area contributed by atoms with Gasteiger partial charge < -0.3 is 14.0 Å². The van der Waals surface area contributed by atoms with E-state index in [0.717, 1.165) is 11.4 Å². The van der Waals surface area contributed by atoms with Crippen LogP contribution in [-0.2, 0) is 42.5 Å². The van der Waals surface area contributed by atoms with Gasteiger partial charge in [0.05, 0.1) is 7.11 Å². The summed E-state index contributed by atoms with van der Waals surface area (Å²) < 4.78 is 14.5. The number of nitrogens with zero attached hydrogens (tertiary/aromatic N) is 4. The number of benzene rings is 1. The van der Waals surface area contributed by atoms with Crippen LogP contribution in [0.5, 0.6) is 5.75 Å². The molecule has 0 spiro atoms. The van der Waals surface area contributed by atoms with Crippen LogP contribution in [0.15, 0.2) is 33.9 Å². The lowest BCUT2D eigenvalue weighted by molar-refractivity contribution is -0.142. The number of aromatic nitrogens is 4. The molecule has 2 heterocycles. The van der Waals surface area contributed by atoms with Crippen LogP contribution in [0.25, 0.3) is 11.2 Å². The fourth-order valence-corrected chi connectivity index (χ4v) is 3.40. The van der Waals surface area contributed by atoms with E-state index in [-0.39, 0.29) is 17.9 Å². The summed E-state index contributed by atoms with van der Waals surface area (Å²) >= 11 is 0. The summed E-state index contributed by atoms with van der Waals surface area (Å²) in [6.45, 7) is 4.27. The molecule has 0 radical (unpaired) electrons. The lowest BCUT2D eigenvalue weighted by Crippen LogP contribution is -2.39.